The second-order valence-electron chi connectivity index (χ2n) is 4.75. The van der Waals surface area contributed by atoms with Crippen LogP contribution in [0.2, 0.25) is 10.0 Å². The Labute approximate surface area is 123 Å². The van der Waals surface area contributed by atoms with Crippen LogP contribution in [-0.4, -0.2) is 14.7 Å². The second kappa shape index (κ2) is 5.35. The van der Waals surface area contributed by atoms with Gasteiger partial charge in [-0.05, 0) is 36.1 Å². The fourth-order valence-corrected chi connectivity index (χ4v) is 3.07. The Morgan fingerprint density at radius 3 is 2.53 bits per heavy atom. The molecular formula is C13H14Cl2O3S. The molecule has 2 unspecified atom stereocenters. The van der Waals surface area contributed by atoms with Crippen molar-refractivity contribution in [1.29, 1.82) is 0 Å². The summed E-state index contributed by atoms with van der Waals surface area (Å²) in [4.78, 5) is 0. The lowest BCUT2D eigenvalue weighted by Gasteiger charge is -2.27. The Kier molecular flexibility index (Phi) is 4.14. The largest absolute Gasteiger partial charge is 0.475 e. The molecule has 0 N–H and O–H groups in total. The fourth-order valence-electron chi connectivity index (χ4n) is 1.99. The second-order valence-corrected chi connectivity index (χ2v) is 7.51. The van der Waals surface area contributed by atoms with Crippen molar-refractivity contribution in [1.82, 2.24) is 0 Å². The van der Waals surface area contributed by atoms with Gasteiger partial charge in [-0.3, -0.25) is 0 Å². The lowest BCUT2D eigenvalue weighted by atomic mass is 9.96. The minimum atomic E-state index is -3.34. The molecule has 0 saturated carbocycles. The van der Waals surface area contributed by atoms with Gasteiger partial charge in [-0.15, -0.1) is 0 Å². The highest BCUT2D eigenvalue weighted by atomic mass is 35.5. The predicted octanol–water partition coefficient (Wildman–Crippen LogP) is 3.98. The number of hydrogen-bond donors (Lipinski definition) is 0. The van der Waals surface area contributed by atoms with Gasteiger partial charge in [0.1, 0.15) is 6.10 Å². The van der Waals surface area contributed by atoms with Crippen LogP contribution in [0.1, 0.15) is 25.0 Å². The van der Waals surface area contributed by atoms with E-state index < -0.39 is 9.84 Å². The smallest absolute Gasteiger partial charge is 0.208 e. The minimum Gasteiger partial charge on any atom is -0.475 e. The van der Waals surface area contributed by atoms with Gasteiger partial charge in [-0.25, -0.2) is 8.42 Å². The Morgan fingerprint density at radius 2 is 1.95 bits per heavy atom. The molecule has 0 fully saturated rings. The zero-order valence-corrected chi connectivity index (χ0v) is 12.9. The van der Waals surface area contributed by atoms with E-state index in [1.165, 1.54) is 0 Å². The Balaban J connectivity index is 2.32. The van der Waals surface area contributed by atoms with E-state index in [4.69, 9.17) is 27.9 Å². The van der Waals surface area contributed by atoms with Crippen LogP contribution >= 0.6 is 23.2 Å². The zero-order valence-electron chi connectivity index (χ0n) is 10.6. The highest BCUT2D eigenvalue weighted by Crippen LogP contribution is 2.36. The van der Waals surface area contributed by atoms with E-state index in [2.05, 4.69) is 0 Å². The number of halogens is 2. The van der Waals surface area contributed by atoms with Crippen LogP contribution in [-0.2, 0) is 14.6 Å². The van der Waals surface area contributed by atoms with E-state index in [1.54, 1.807) is 24.3 Å². The third kappa shape index (κ3) is 3.44. The first-order chi connectivity index (χ1) is 8.77. The maximum absolute atomic E-state index is 11.6. The van der Waals surface area contributed by atoms with Crippen molar-refractivity contribution in [2.75, 3.05) is 6.26 Å². The third-order valence-electron chi connectivity index (χ3n) is 2.95. The summed E-state index contributed by atoms with van der Waals surface area (Å²) in [5, 5.41) is 0.932. The van der Waals surface area contributed by atoms with Gasteiger partial charge in [0, 0.05) is 6.26 Å². The molecule has 1 aromatic carbocycles. The maximum atomic E-state index is 11.6. The van der Waals surface area contributed by atoms with Crippen LogP contribution in [0.5, 0.6) is 0 Å². The average molecular weight is 321 g/mol. The van der Waals surface area contributed by atoms with E-state index in [0.717, 1.165) is 11.8 Å². The first-order valence-electron chi connectivity index (χ1n) is 5.81. The lowest BCUT2D eigenvalue weighted by Crippen LogP contribution is -2.18. The molecule has 3 nitrogen and oxygen atoms in total. The highest BCUT2D eigenvalue weighted by Gasteiger charge is 2.27. The number of allylic oxidation sites excluding steroid dienone is 1. The summed E-state index contributed by atoms with van der Waals surface area (Å²) < 4.78 is 28.8. The number of ether oxygens (including phenoxy) is 1. The monoisotopic (exact) mass is 320 g/mol. The lowest BCUT2D eigenvalue weighted by molar-refractivity contribution is 0.0984. The first-order valence-corrected chi connectivity index (χ1v) is 8.45. The SMILES string of the molecule is CC1C=C(S(C)(=O)=O)OC(c2ccc(Cl)c(Cl)c2)C1. The molecular weight excluding hydrogens is 307 g/mol. The van der Waals surface area contributed by atoms with Gasteiger partial charge in [0.05, 0.1) is 10.0 Å². The van der Waals surface area contributed by atoms with Gasteiger partial charge >= 0.3 is 0 Å². The first kappa shape index (κ1) is 14.7. The molecule has 0 aromatic heterocycles. The summed E-state index contributed by atoms with van der Waals surface area (Å²) in [5.41, 5.74) is 0.829. The Morgan fingerprint density at radius 1 is 1.26 bits per heavy atom. The van der Waals surface area contributed by atoms with Gasteiger partial charge in [-0.2, -0.15) is 0 Å². The van der Waals surface area contributed by atoms with E-state index in [9.17, 15) is 8.42 Å². The molecule has 0 bridgehead atoms. The van der Waals surface area contributed by atoms with Crippen molar-refractivity contribution in [3.05, 3.63) is 45.0 Å². The molecule has 1 aliphatic rings. The van der Waals surface area contributed by atoms with Crippen molar-refractivity contribution >= 4 is 33.0 Å². The summed E-state index contributed by atoms with van der Waals surface area (Å²) in [5.74, 6) is 0.123. The van der Waals surface area contributed by atoms with Gasteiger partial charge in [0.25, 0.3) is 0 Å². The van der Waals surface area contributed by atoms with Crippen molar-refractivity contribution in [3.8, 4) is 0 Å². The number of sulfone groups is 1. The van der Waals surface area contributed by atoms with Crippen LogP contribution in [0.25, 0.3) is 0 Å². The number of hydrogen-bond acceptors (Lipinski definition) is 3. The molecule has 0 radical (unpaired) electrons. The quantitative estimate of drug-likeness (QED) is 0.827. The summed E-state index contributed by atoms with van der Waals surface area (Å²) >= 11 is 11.8. The molecule has 6 heteroatoms. The summed E-state index contributed by atoms with van der Waals surface area (Å²) in [6.07, 6.45) is 3.17. The van der Waals surface area contributed by atoms with Gasteiger partial charge < -0.3 is 4.74 Å². The number of benzene rings is 1. The van der Waals surface area contributed by atoms with Crippen LogP contribution in [0.15, 0.2) is 29.4 Å². The van der Waals surface area contributed by atoms with Crippen molar-refractivity contribution in [2.45, 2.75) is 19.4 Å². The molecule has 1 heterocycles. The summed E-state index contributed by atoms with van der Waals surface area (Å²) in [6.45, 7) is 1.96. The van der Waals surface area contributed by atoms with Crippen LogP contribution in [0.4, 0.5) is 0 Å². The van der Waals surface area contributed by atoms with Crippen molar-refractivity contribution in [3.63, 3.8) is 0 Å². The van der Waals surface area contributed by atoms with Crippen molar-refractivity contribution < 1.29 is 13.2 Å². The number of rotatable bonds is 2. The van der Waals surface area contributed by atoms with Gasteiger partial charge in [0.15, 0.2) is 0 Å². The van der Waals surface area contributed by atoms with Crippen LogP contribution in [0.3, 0.4) is 0 Å². The Hall–Kier alpha value is -0.710. The molecule has 2 atom stereocenters. The average Bonchev–Trinajstić information content (AvgIpc) is 2.31. The van der Waals surface area contributed by atoms with Gasteiger partial charge in [-0.1, -0.05) is 36.2 Å². The molecule has 1 aromatic rings. The van der Waals surface area contributed by atoms with E-state index in [1.807, 2.05) is 6.92 Å². The fraction of sp³-hybridized carbons (Fsp3) is 0.385. The molecule has 0 spiro atoms. The molecule has 0 amide bonds. The van der Waals surface area contributed by atoms with Gasteiger partial charge in [0.2, 0.25) is 14.9 Å². The molecule has 2 rings (SSSR count). The van der Waals surface area contributed by atoms with Crippen molar-refractivity contribution in [2.24, 2.45) is 5.92 Å². The molecule has 19 heavy (non-hydrogen) atoms. The van der Waals surface area contributed by atoms with E-state index in [-0.39, 0.29) is 17.1 Å². The molecule has 104 valence electrons. The topological polar surface area (TPSA) is 43.4 Å². The third-order valence-corrected chi connectivity index (χ3v) is 4.65. The summed E-state index contributed by atoms with van der Waals surface area (Å²) in [6, 6.07) is 5.20. The zero-order chi connectivity index (χ0) is 14.2. The minimum absolute atomic E-state index is 0.0299. The normalized spacial score (nSPS) is 23.7. The predicted molar refractivity (Wildman–Crippen MR) is 77.0 cm³/mol. The molecule has 0 aliphatic carbocycles. The maximum Gasteiger partial charge on any atom is 0.208 e. The standard InChI is InChI=1S/C13H14Cl2O3S/c1-8-5-12(18-13(6-8)19(2,16)17)9-3-4-10(14)11(15)7-9/h3-4,6-8,12H,5H2,1-2H3. The molecule has 1 aliphatic heterocycles. The summed E-state index contributed by atoms with van der Waals surface area (Å²) in [7, 11) is -3.34. The van der Waals surface area contributed by atoms with E-state index >= 15 is 0 Å². The Bertz CT molecular complexity index is 623. The van der Waals surface area contributed by atoms with Crippen LogP contribution in [0, 0.1) is 5.92 Å². The van der Waals surface area contributed by atoms with Crippen LogP contribution < -0.4 is 0 Å². The molecule has 0 saturated heterocycles. The highest BCUT2D eigenvalue weighted by molar-refractivity contribution is 7.94. The van der Waals surface area contributed by atoms with E-state index in [0.29, 0.717) is 16.5 Å².